The maximum atomic E-state index is 13.3. The molecule has 4 unspecified atom stereocenters. The summed E-state index contributed by atoms with van der Waals surface area (Å²) in [6.45, 7) is 2.02. The Morgan fingerprint density at radius 2 is 2.20 bits per heavy atom. The van der Waals surface area contributed by atoms with E-state index in [1.165, 1.54) is 18.6 Å². The van der Waals surface area contributed by atoms with Crippen molar-refractivity contribution in [3.05, 3.63) is 46.3 Å². The molecular formula is C15H17FN2O2. The van der Waals surface area contributed by atoms with Crippen LogP contribution in [-0.2, 0) is 0 Å². The van der Waals surface area contributed by atoms with Crippen LogP contribution in [0.1, 0.15) is 19.8 Å². The second-order valence-electron chi connectivity index (χ2n) is 5.80. The number of nitro benzene ring substituents is 1. The highest BCUT2D eigenvalue weighted by Crippen LogP contribution is 2.45. The van der Waals surface area contributed by atoms with Crippen LogP contribution in [0.15, 0.2) is 30.4 Å². The summed E-state index contributed by atoms with van der Waals surface area (Å²) in [7, 11) is 0. The topological polar surface area (TPSA) is 55.2 Å². The Labute approximate surface area is 116 Å². The van der Waals surface area contributed by atoms with Gasteiger partial charge in [0, 0.05) is 18.2 Å². The SMILES string of the molecule is CC(Nc1cc(F)ccc1[N+](=O)[O-])C1CC2C=CC1C2. The average molecular weight is 276 g/mol. The van der Waals surface area contributed by atoms with E-state index in [1.807, 2.05) is 6.92 Å². The van der Waals surface area contributed by atoms with Gasteiger partial charge in [-0.25, -0.2) is 4.39 Å². The first kappa shape index (κ1) is 13.1. The van der Waals surface area contributed by atoms with Gasteiger partial charge < -0.3 is 5.32 Å². The highest BCUT2D eigenvalue weighted by molar-refractivity contribution is 5.62. The van der Waals surface area contributed by atoms with Crippen LogP contribution in [-0.4, -0.2) is 11.0 Å². The molecule has 106 valence electrons. The molecule has 1 aromatic rings. The summed E-state index contributed by atoms with van der Waals surface area (Å²) in [6.07, 6.45) is 6.80. The van der Waals surface area contributed by atoms with Gasteiger partial charge in [0.05, 0.1) is 4.92 Å². The fourth-order valence-electron chi connectivity index (χ4n) is 3.53. The number of fused-ring (bicyclic) bond motifs is 2. The number of hydrogen-bond acceptors (Lipinski definition) is 3. The van der Waals surface area contributed by atoms with Crippen molar-refractivity contribution in [2.24, 2.45) is 17.8 Å². The molecular weight excluding hydrogens is 259 g/mol. The van der Waals surface area contributed by atoms with E-state index >= 15 is 0 Å². The molecule has 3 rings (SSSR count). The van der Waals surface area contributed by atoms with Crippen molar-refractivity contribution >= 4 is 11.4 Å². The first-order chi connectivity index (χ1) is 9.54. The minimum atomic E-state index is -0.477. The van der Waals surface area contributed by atoms with Crippen LogP contribution >= 0.6 is 0 Å². The zero-order valence-electron chi connectivity index (χ0n) is 11.3. The van der Waals surface area contributed by atoms with Crippen LogP contribution in [0.25, 0.3) is 0 Å². The number of nitrogens with one attached hydrogen (secondary N) is 1. The summed E-state index contributed by atoms with van der Waals surface area (Å²) in [4.78, 5) is 10.5. The van der Waals surface area contributed by atoms with Gasteiger partial charge in [0.25, 0.3) is 5.69 Å². The molecule has 0 aliphatic heterocycles. The molecule has 4 atom stereocenters. The van der Waals surface area contributed by atoms with Gasteiger partial charge in [-0.3, -0.25) is 10.1 Å². The maximum Gasteiger partial charge on any atom is 0.292 e. The van der Waals surface area contributed by atoms with E-state index < -0.39 is 10.7 Å². The summed E-state index contributed by atoms with van der Waals surface area (Å²) < 4.78 is 13.3. The van der Waals surface area contributed by atoms with Gasteiger partial charge >= 0.3 is 0 Å². The van der Waals surface area contributed by atoms with E-state index in [1.54, 1.807) is 0 Å². The summed E-state index contributed by atoms with van der Waals surface area (Å²) >= 11 is 0. The number of nitro groups is 1. The van der Waals surface area contributed by atoms with Crippen molar-refractivity contribution in [1.82, 2.24) is 0 Å². The second kappa shape index (κ2) is 4.89. The van der Waals surface area contributed by atoms with E-state index in [4.69, 9.17) is 0 Å². The van der Waals surface area contributed by atoms with Gasteiger partial charge in [-0.05, 0) is 43.6 Å². The van der Waals surface area contributed by atoms with Gasteiger partial charge in [-0.15, -0.1) is 0 Å². The largest absolute Gasteiger partial charge is 0.377 e. The van der Waals surface area contributed by atoms with E-state index in [-0.39, 0.29) is 17.4 Å². The molecule has 2 bridgehead atoms. The Hall–Kier alpha value is -1.91. The van der Waals surface area contributed by atoms with Crippen molar-refractivity contribution in [3.8, 4) is 0 Å². The fraction of sp³-hybridized carbons (Fsp3) is 0.467. The molecule has 5 heteroatoms. The van der Waals surface area contributed by atoms with Gasteiger partial charge in [-0.1, -0.05) is 12.2 Å². The summed E-state index contributed by atoms with van der Waals surface area (Å²) in [5, 5.41) is 14.1. The molecule has 2 aliphatic rings. The van der Waals surface area contributed by atoms with Crippen molar-refractivity contribution < 1.29 is 9.31 Å². The number of hydrogen-bond donors (Lipinski definition) is 1. The predicted molar refractivity (Wildman–Crippen MR) is 75.0 cm³/mol. The third-order valence-electron chi connectivity index (χ3n) is 4.51. The zero-order chi connectivity index (χ0) is 14.3. The van der Waals surface area contributed by atoms with Crippen LogP contribution in [0.2, 0.25) is 0 Å². The molecule has 2 aliphatic carbocycles. The van der Waals surface area contributed by atoms with E-state index in [9.17, 15) is 14.5 Å². The van der Waals surface area contributed by atoms with E-state index in [2.05, 4.69) is 17.5 Å². The first-order valence-corrected chi connectivity index (χ1v) is 6.93. The van der Waals surface area contributed by atoms with Crippen molar-refractivity contribution in [2.45, 2.75) is 25.8 Å². The molecule has 20 heavy (non-hydrogen) atoms. The Morgan fingerprint density at radius 1 is 1.40 bits per heavy atom. The molecule has 0 heterocycles. The smallest absolute Gasteiger partial charge is 0.292 e. The molecule has 4 nitrogen and oxygen atoms in total. The molecule has 0 spiro atoms. The minimum Gasteiger partial charge on any atom is -0.377 e. The average Bonchev–Trinajstić information content (AvgIpc) is 3.00. The van der Waals surface area contributed by atoms with Crippen LogP contribution in [0, 0.1) is 33.7 Å². The van der Waals surface area contributed by atoms with Gasteiger partial charge in [0.15, 0.2) is 0 Å². The first-order valence-electron chi connectivity index (χ1n) is 6.93. The quantitative estimate of drug-likeness (QED) is 0.517. The number of allylic oxidation sites excluding steroid dienone is 2. The predicted octanol–water partition coefficient (Wildman–Crippen LogP) is 3.75. The van der Waals surface area contributed by atoms with Crippen LogP contribution < -0.4 is 5.32 Å². The lowest BCUT2D eigenvalue weighted by atomic mass is 9.87. The van der Waals surface area contributed by atoms with Gasteiger partial charge in [0.1, 0.15) is 11.5 Å². The molecule has 1 fully saturated rings. The lowest BCUT2D eigenvalue weighted by molar-refractivity contribution is -0.384. The summed E-state index contributed by atoms with van der Waals surface area (Å²) in [6, 6.07) is 3.63. The number of rotatable bonds is 4. The second-order valence-corrected chi connectivity index (χ2v) is 5.80. The summed E-state index contributed by atoms with van der Waals surface area (Å²) in [5.41, 5.74) is 0.200. The Kier molecular flexibility index (Phi) is 3.20. The lowest BCUT2D eigenvalue weighted by Crippen LogP contribution is -2.29. The van der Waals surface area contributed by atoms with Crippen molar-refractivity contribution in [1.29, 1.82) is 0 Å². The van der Waals surface area contributed by atoms with Gasteiger partial charge in [-0.2, -0.15) is 0 Å². The van der Waals surface area contributed by atoms with E-state index in [0.29, 0.717) is 17.8 Å². The Bertz CT molecular complexity index is 573. The number of nitrogens with zero attached hydrogens (tertiary/aromatic N) is 1. The highest BCUT2D eigenvalue weighted by Gasteiger charge is 2.38. The zero-order valence-corrected chi connectivity index (χ0v) is 11.3. The fourth-order valence-corrected chi connectivity index (χ4v) is 3.53. The third-order valence-corrected chi connectivity index (χ3v) is 4.51. The highest BCUT2D eigenvalue weighted by atomic mass is 19.1. The lowest BCUT2D eigenvalue weighted by Gasteiger charge is -2.27. The van der Waals surface area contributed by atoms with Crippen molar-refractivity contribution in [3.63, 3.8) is 0 Å². The molecule has 1 saturated carbocycles. The molecule has 1 N–H and O–H groups in total. The standard InChI is InChI=1S/C15H17FN2O2/c1-9(13-7-10-2-3-11(13)6-10)17-14-8-12(16)4-5-15(14)18(19)20/h2-5,8-11,13,17H,6-7H2,1H3. The normalized spacial score (nSPS) is 28.6. The molecule has 1 aromatic carbocycles. The molecule has 0 aromatic heterocycles. The van der Waals surface area contributed by atoms with Crippen LogP contribution in [0.4, 0.5) is 15.8 Å². The minimum absolute atomic E-state index is 0.0723. The molecule has 0 saturated heterocycles. The number of anilines is 1. The van der Waals surface area contributed by atoms with Crippen LogP contribution in [0.3, 0.4) is 0 Å². The van der Waals surface area contributed by atoms with Gasteiger partial charge in [0.2, 0.25) is 0 Å². The Balaban J connectivity index is 1.79. The summed E-state index contributed by atoms with van der Waals surface area (Å²) in [5.74, 6) is 1.21. The Morgan fingerprint density at radius 3 is 2.80 bits per heavy atom. The van der Waals surface area contributed by atoms with Crippen molar-refractivity contribution in [2.75, 3.05) is 5.32 Å². The molecule has 0 radical (unpaired) electrons. The third kappa shape index (κ3) is 2.28. The van der Waals surface area contributed by atoms with E-state index in [0.717, 1.165) is 12.5 Å². The van der Waals surface area contributed by atoms with Crippen LogP contribution in [0.5, 0.6) is 0 Å². The maximum absolute atomic E-state index is 13.3. The number of halogens is 1. The molecule has 0 amide bonds. The monoisotopic (exact) mass is 276 g/mol. The number of benzene rings is 1.